The van der Waals surface area contributed by atoms with E-state index in [2.05, 4.69) is 5.32 Å². The van der Waals surface area contributed by atoms with E-state index in [9.17, 15) is 9.59 Å². The molecule has 2 amide bonds. The lowest BCUT2D eigenvalue weighted by Gasteiger charge is -2.26. The number of amides is 2. The Balaban J connectivity index is 1.46. The van der Waals surface area contributed by atoms with Crippen molar-refractivity contribution in [1.82, 2.24) is 0 Å². The van der Waals surface area contributed by atoms with Crippen LogP contribution in [0.1, 0.15) is 12.8 Å². The summed E-state index contributed by atoms with van der Waals surface area (Å²) in [7, 11) is 3.30. The number of hydrogen-bond donors (Lipinski definition) is 1. The van der Waals surface area contributed by atoms with Crippen molar-refractivity contribution >= 4 is 23.2 Å². The van der Waals surface area contributed by atoms with Crippen molar-refractivity contribution in [2.24, 2.45) is 0 Å². The predicted molar refractivity (Wildman–Crippen MR) is 102 cm³/mol. The SMILES string of the molecule is COc1ccc(OCCCC(=O)Nc2ccc3c(c2)N(C)C(=O)CO3)cc1. The molecule has 2 aromatic carbocycles. The molecule has 1 aliphatic rings. The van der Waals surface area contributed by atoms with E-state index in [-0.39, 0.29) is 18.4 Å². The molecule has 3 rings (SSSR count). The molecule has 0 radical (unpaired) electrons. The summed E-state index contributed by atoms with van der Waals surface area (Å²) in [5.74, 6) is 1.90. The minimum atomic E-state index is -0.123. The van der Waals surface area contributed by atoms with Gasteiger partial charge >= 0.3 is 0 Å². The summed E-state index contributed by atoms with van der Waals surface area (Å²) in [5, 5.41) is 2.84. The highest BCUT2D eigenvalue weighted by atomic mass is 16.5. The molecule has 0 aliphatic carbocycles. The summed E-state index contributed by atoms with van der Waals surface area (Å²) in [4.78, 5) is 25.4. The van der Waals surface area contributed by atoms with Gasteiger partial charge < -0.3 is 24.4 Å². The van der Waals surface area contributed by atoms with Crippen LogP contribution in [0.5, 0.6) is 17.2 Å². The van der Waals surface area contributed by atoms with Gasteiger partial charge in [-0.05, 0) is 48.9 Å². The number of hydrogen-bond acceptors (Lipinski definition) is 5. The zero-order chi connectivity index (χ0) is 19.2. The molecule has 0 bridgehead atoms. The largest absolute Gasteiger partial charge is 0.497 e. The van der Waals surface area contributed by atoms with Crippen LogP contribution in [0.4, 0.5) is 11.4 Å². The van der Waals surface area contributed by atoms with Crippen LogP contribution < -0.4 is 24.4 Å². The van der Waals surface area contributed by atoms with E-state index in [4.69, 9.17) is 14.2 Å². The first-order chi connectivity index (χ1) is 13.1. The van der Waals surface area contributed by atoms with Crippen LogP contribution in [-0.2, 0) is 9.59 Å². The van der Waals surface area contributed by atoms with Gasteiger partial charge in [0.15, 0.2) is 6.61 Å². The molecule has 7 nitrogen and oxygen atoms in total. The first kappa shape index (κ1) is 18.6. The molecule has 0 unspecified atom stereocenters. The molecule has 27 heavy (non-hydrogen) atoms. The van der Waals surface area contributed by atoms with Crippen molar-refractivity contribution in [3.63, 3.8) is 0 Å². The quantitative estimate of drug-likeness (QED) is 0.759. The van der Waals surface area contributed by atoms with Gasteiger partial charge in [-0.25, -0.2) is 0 Å². The lowest BCUT2D eigenvalue weighted by Crippen LogP contribution is -2.35. The van der Waals surface area contributed by atoms with Gasteiger partial charge in [-0.2, -0.15) is 0 Å². The minimum absolute atomic E-state index is 0.0312. The highest BCUT2D eigenvalue weighted by Crippen LogP contribution is 2.33. The Morgan fingerprint density at radius 3 is 2.67 bits per heavy atom. The zero-order valence-corrected chi connectivity index (χ0v) is 15.4. The van der Waals surface area contributed by atoms with Gasteiger partial charge in [-0.3, -0.25) is 9.59 Å². The molecule has 2 aromatic rings. The average Bonchev–Trinajstić information content (AvgIpc) is 2.69. The van der Waals surface area contributed by atoms with Crippen molar-refractivity contribution in [2.75, 3.05) is 37.6 Å². The van der Waals surface area contributed by atoms with Crippen molar-refractivity contribution in [3.8, 4) is 17.2 Å². The van der Waals surface area contributed by atoms with Gasteiger partial charge in [0, 0.05) is 19.2 Å². The number of carbonyl (C=O) groups excluding carboxylic acids is 2. The summed E-state index contributed by atoms with van der Waals surface area (Å²) in [6.45, 7) is 0.471. The lowest BCUT2D eigenvalue weighted by molar-refractivity contribution is -0.121. The fraction of sp³-hybridized carbons (Fsp3) is 0.300. The third-order valence-corrected chi connectivity index (χ3v) is 4.21. The maximum Gasteiger partial charge on any atom is 0.264 e. The second kappa shape index (κ2) is 8.44. The Kier molecular flexibility index (Phi) is 5.80. The Hall–Kier alpha value is -3.22. The van der Waals surface area contributed by atoms with Crippen molar-refractivity contribution < 1.29 is 23.8 Å². The summed E-state index contributed by atoms with van der Waals surface area (Å²) in [5.41, 5.74) is 1.27. The third kappa shape index (κ3) is 4.69. The topological polar surface area (TPSA) is 77.1 Å². The number of fused-ring (bicyclic) bond motifs is 1. The number of carbonyl (C=O) groups is 2. The Bertz CT molecular complexity index is 820. The molecule has 142 valence electrons. The fourth-order valence-corrected chi connectivity index (χ4v) is 2.67. The number of nitrogens with one attached hydrogen (secondary N) is 1. The molecule has 0 atom stereocenters. The lowest BCUT2D eigenvalue weighted by atomic mass is 10.2. The molecular weight excluding hydrogens is 348 g/mol. The van der Waals surface area contributed by atoms with Gasteiger partial charge in [-0.15, -0.1) is 0 Å². The first-order valence-electron chi connectivity index (χ1n) is 8.67. The number of rotatable bonds is 7. The van der Waals surface area contributed by atoms with E-state index in [1.165, 1.54) is 4.90 Å². The fourth-order valence-electron chi connectivity index (χ4n) is 2.67. The summed E-state index contributed by atoms with van der Waals surface area (Å²) >= 11 is 0. The maximum atomic E-state index is 12.1. The summed E-state index contributed by atoms with van der Waals surface area (Å²) in [6.07, 6.45) is 0.919. The highest BCUT2D eigenvalue weighted by Gasteiger charge is 2.22. The maximum absolute atomic E-state index is 12.1. The van der Waals surface area contributed by atoms with Gasteiger partial charge in [-0.1, -0.05) is 0 Å². The monoisotopic (exact) mass is 370 g/mol. The van der Waals surface area contributed by atoms with E-state index in [1.54, 1.807) is 32.4 Å². The Labute approximate surface area is 157 Å². The second-order valence-corrected chi connectivity index (χ2v) is 6.10. The zero-order valence-electron chi connectivity index (χ0n) is 15.4. The van der Waals surface area contributed by atoms with Gasteiger partial charge in [0.1, 0.15) is 17.2 Å². The van der Waals surface area contributed by atoms with E-state index in [0.717, 1.165) is 11.5 Å². The summed E-state index contributed by atoms with van der Waals surface area (Å²) < 4.78 is 16.1. The van der Waals surface area contributed by atoms with E-state index >= 15 is 0 Å². The molecule has 1 heterocycles. The number of ether oxygens (including phenoxy) is 3. The van der Waals surface area contributed by atoms with E-state index < -0.39 is 0 Å². The van der Waals surface area contributed by atoms with Gasteiger partial charge in [0.25, 0.3) is 5.91 Å². The molecule has 0 saturated heterocycles. The van der Waals surface area contributed by atoms with E-state index in [0.29, 0.717) is 36.6 Å². The second-order valence-electron chi connectivity index (χ2n) is 6.10. The van der Waals surface area contributed by atoms with Crippen molar-refractivity contribution in [2.45, 2.75) is 12.8 Å². The molecule has 0 fully saturated rings. The van der Waals surface area contributed by atoms with Crippen LogP contribution >= 0.6 is 0 Å². The van der Waals surface area contributed by atoms with Crippen molar-refractivity contribution in [3.05, 3.63) is 42.5 Å². The van der Waals surface area contributed by atoms with Crippen LogP contribution in [-0.4, -0.2) is 39.2 Å². The predicted octanol–water partition coefficient (Wildman–Crippen LogP) is 2.85. The normalized spacial score (nSPS) is 12.8. The molecule has 7 heteroatoms. The molecule has 0 saturated carbocycles. The third-order valence-electron chi connectivity index (χ3n) is 4.21. The average molecular weight is 370 g/mol. The van der Waals surface area contributed by atoms with Crippen LogP contribution in [0.15, 0.2) is 42.5 Å². The highest BCUT2D eigenvalue weighted by molar-refractivity contribution is 5.99. The summed E-state index contributed by atoms with van der Waals surface area (Å²) in [6, 6.07) is 12.5. The van der Waals surface area contributed by atoms with Crippen LogP contribution in [0.3, 0.4) is 0 Å². The smallest absolute Gasteiger partial charge is 0.264 e. The van der Waals surface area contributed by atoms with Crippen LogP contribution in [0.25, 0.3) is 0 Å². The van der Waals surface area contributed by atoms with Crippen LogP contribution in [0.2, 0.25) is 0 Å². The minimum Gasteiger partial charge on any atom is -0.497 e. The molecule has 1 N–H and O–H groups in total. The van der Waals surface area contributed by atoms with E-state index in [1.807, 2.05) is 24.3 Å². The number of benzene rings is 2. The number of methoxy groups -OCH3 is 1. The Morgan fingerprint density at radius 1 is 1.19 bits per heavy atom. The molecule has 0 aromatic heterocycles. The molecule has 0 spiro atoms. The number of anilines is 2. The number of likely N-dealkylation sites (N-methyl/N-ethyl adjacent to an activating group) is 1. The Morgan fingerprint density at radius 2 is 1.93 bits per heavy atom. The first-order valence-corrected chi connectivity index (χ1v) is 8.67. The standard InChI is InChI=1S/C20H22N2O5/c1-22-17-12-14(5-10-18(17)27-13-20(22)24)21-19(23)4-3-11-26-16-8-6-15(25-2)7-9-16/h5-10,12H,3-4,11,13H2,1-2H3,(H,21,23). The van der Waals surface area contributed by atoms with Crippen molar-refractivity contribution in [1.29, 1.82) is 0 Å². The number of nitrogens with zero attached hydrogens (tertiary/aromatic N) is 1. The van der Waals surface area contributed by atoms with Gasteiger partial charge in [0.05, 0.1) is 19.4 Å². The van der Waals surface area contributed by atoms with Gasteiger partial charge in [0.2, 0.25) is 5.91 Å². The van der Waals surface area contributed by atoms with Crippen LogP contribution in [0, 0.1) is 0 Å². The molecule has 1 aliphatic heterocycles. The molecular formula is C20H22N2O5.